The summed E-state index contributed by atoms with van der Waals surface area (Å²) in [5.41, 5.74) is 11.6. The molecule has 0 fully saturated rings. The number of anilines is 2. The summed E-state index contributed by atoms with van der Waals surface area (Å²) >= 11 is 0. The summed E-state index contributed by atoms with van der Waals surface area (Å²) in [4.78, 5) is 0. The summed E-state index contributed by atoms with van der Waals surface area (Å²) in [5.74, 6) is 0.140. The van der Waals surface area contributed by atoms with Gasteiger partial charge in [-0.3, -0.25) is 0 Å². The third kappa shape index (κ3) is 2.10. The molecule has 1 aromatic rings. The minimum atomic E-state index is 0. The van der Waals surface area contributed by atoms with Crippen LogP contribution in [-0.4, -0.2) is 5.11 Å². The van der Waals surface area contributed by atoms with Crippen LogP contribution in [0.4, 0.5) is 11.4 Å². The molecule has 0 unspecified atom stereocenters. The largest absolute Gasteiger partial charge is 1.00 e. The number of nitrogens with two attached hydrogens (primary N) is 2. The molecule has 0 aromatic heterocycles. The van der Waals surface area contributed by atoms with E-state index in [0.29, 0.717) is 11.4 Å². The number of phenols is 1. The molecule has 0 radical (unpaired) electrons. The number of rotatable bonds is 0. The molecular formula is C6H9N2NaO. The summed E-state index contributed by atoms with van der Waals surface area (Å²) in [6.07, 6.45) is 0. The molecule has 0 heterocycles. The summed E-state index contributed by atoms with van der Waals surface area (Å²) in [6, 6.07) is 4.46. The second-order valence-corrected chi connectivity index (χ2v) is 1.81. The molecule has 0 saturated heterocycles. The normalized spacial score (nSPS) is 8.40. The van der Waals surface area contributed by atoms with Crippen LogP contribution in [0.5, 0.6) is 5.75 Å². The van der Waals surface area contributed by atoms with Crippen LogP contribution in [-0.2, 0) is 0 Å². The minimum absolute atomic E-state index is 0. The maximum absolute atomic E-state index is 8.80. The Labute approximate surface area is 82.8 Å². The smallest absolute Gasteiger partial charge is 1.00 e. The third-order valence-corrected chi connectivity index (χ3v) is 1.07. The second-order valence-electron chi connectivity index (χ2n) is 1.81. The molecule has 0 aliphatic carbocycles. The quantitative estimate of drug-likeness (QED) is 0.219. The van der Waals surface area contributed by atoms with Crippen LogP contribution in [0, 0.1) is 0 Å². The zero-order valence-corrected chi connectivity index (χ0v) is 7.83. The number of benzene rings is 1. The van der Waals surface area contributed by atoms with Crippen LogP contribution < -0.4 is 41.0 Å². The van der Waals surface area contributed by atoms with E-state index in [9.17, 15) is 0 Å². The van der Waals surface area contributed by atoms with Gasteiger partial charge in [-0.05, 0) is 12.1 Å². The minimum Gasteiger partial charge on any atom is -1.00 e. The van der Waals surface area contributed by atoms with Crippen LogP contribution >= 0.6 is 0 Å². The van der Waals surface area contributed by atoms with Gasteiger partial charge in [0.25, 0.3) is 0 Å². The van der Waals surface area contributed by atoms with Crippen molar-refractivity contribution in [1.29, 1.82) is 0 Å². The molecule has 3 nitrogen and oxygen atoms in total. The first-order chi connectivity index (χ1) is 4.20. The number of nitrogen functional groups attached to an aromatic ring is 2. The van der Waals surface area contributed by atoms with Gasteiger partial charge in [0.1, 0.15) is 5.75 Å². The maximum atomic E-state index is 8.80. The van der Waals surface area contributed by atoms with Gasteiger partial charge >= 0.3 is 29.6 Å². The monoisotopic (exact) mass is 148 g/mol. The summed E-state index contributed by atoms with van der Waals surface area (Å²) in [6.45, 7) is 0. The average Bonchev–Trinajstić information content (AvgIpc) is 1.80. The van der Waals surface area contributed by atoms with E-state index >= 15 is 0 Å². The van der Waals surface area contributed by atoms with E-state index in [4.69, 9.17) is 16.6 Å². The van der Waals surface area contributed by atoms with Crippen molar-refractivity contribution in [3.05, 3.63) is 18.2 Å². The fourth-order valence-corrected chi connectivity index (χ4v) is 0.562. The zero-order valence-electron chi connectivity index (χ0n) is 6.83. The molecule has 10 heavy (non-hydrogen) atoms. The fraction of sp³-hybridized carbons (Fsp3) is 0. The Bertz CT molecular complexity index is 232. The fourth-order valence-electron chi connectivity index (χ4n) is 0.562. The summed E-state index contributed by atoms with van der Waals surface area (Å²) < 4.78 is 0. The molecule has 50 valence electrons. The topological polar surface area (TPSA) is 72.3 Å². The number of aromatic hydroxyl groups is 1. The molecule has 1 aromatic carbocycles. The molecule has 4 heteroatoms. The number of hydrogen-bond acceptors (Lipinski definition) is 3. The van der Waals surface area contributed by atoms with Crippen LogP contribution in [0.3, 0.4) is 0 Å². The van der Waals surface area contributed by atoms with Gasteiger partial charge in [-0.15, -0.1) is 0 Å². The van der Waals surface area contributed by atoms with Crippen LogP contribution in [0.2, 0.25) is 0 Å². The van der Waals surface area contributed by atoms with E-state index in [1.165, 1.54) is 12.1 Å². The summed E-state index contributed by atoms with van der Waals surface area (Å²) in [7, 11) is 0. The molecule has 0 aliphatic heterocycles. The molecular weight excluding hydrogens is 139 g/mol. The average molecular weight is 148 g/mol. The Morgan fingerprint density at radius 3 is 2.20 bits per heavy atom. The van der Waals surface area contributed by atoms with Crippen molar-refractivity contribution < 1.29 is 36.1 Å². The van der Waals surface area contributed by atoms with Crippen LogP contribution in [0.1, 0.15) is 1.43 Å². The number of hydrogen-bond donors (Lipinski definition) is 3. The van der Waals surface area contributed by atoms with E-state index in [1.54, 1.807) is 6.07 Å². The van der Waals surface area contributed by atoms with E-state index in [1.807, 2.05) is 0 Å². The molecule has 0 atom stereocenters. The van der Waals surface area contributed by atoms with Crippen LogP contribution in [0.15, 0.2) is 18.2 Å². The third-order valence-electron chi connectivity index (χ3n) is 1.07. The van der Waals surface area contributed by atoms with Gasteiger partial charge in [0.2, 0.25) is 0 Å². The Balaban J connectivity index is 0. The van der Waals surface area contributed by atoms with Crippen molar-refractivity contribution in [2.45, 2.75) is 0 Å². The molecule has 0 amide bonds. The van der Waals surface area contributed by atoms with Crippen molar-refractivity contribution in [2.75, 3.05) is 11.5 Å². The zero-order chi connectivity index (χ0) is 6.85. The predicted octanol–water partition coefficient (Wildman–Crippen LogP) is -2.33. The van der Waals surface area contributed by atoms with Gasteiger partial charge in [0, 0.05) is 6.07 Å². The van der Waals surface area contributed by atoms with Gasteiger partial charge in [-0.2, -0.15) is 0 Å². The van der Waals surface area contributed by atoms with Gasteiger partial charge < -0.3 is 18.0 Å². The molecule has 0 saturated carbocycles. The van der Waals surface area contributed by atoms with Gasteiger partial charge in [0.15, 0.2) is 0 Å². The molecule has 1 rings (SSSR count). The second kappa shape index (κ2) is 3.71. The van der Waals surface area contributed by atoms with Crippen LogP contribution in [0.25, 0.3) is 0 Å². The Morgan fingerprint density at radius 2 is 1.80 bits per heavy atom. The first-order valence-electron chi connectivity index (χ1n) is 2.54. The van der Waals surface area contributed by atoms with Crippen molar-refractivity contribution in [1.82, 2.24) is 0 Å². The molecule has 0 bridgehead atoms. The first kappa shape index (κ1) is 9.62. The predicted molar refractivity (Wildman–Crippen MR) is 38.0 cm³/mol. The van der Waals surface area contributed by atoms with Crippen molar-refractivity contribution in [2.24, 2.45) is 0 Å². The van der Waals surface area contributed by atoms with E-state index in [0.717, 1.165) is 0 Å². The molecule has 5 N–H and O–H groups in total. The Morgan fingerprint density at radius 1 is 1.20 bits per heavy atom. The Kier molecular flexibility index (Phi) is 3.57. The van der Waals surface area contributed by atoms with E-state index < -0.39 is 0 Å². The maximum Gasteiger partial charge on any atom is 1.00 e. The Hall–Kier alpha value is -0.380. The molecule has 0 spiro atoms. The van der Waals surface area contributed by atoms with Gasteiger partial charge in [-0.25, -0.2) is 0 Å². The van der Waals surface area contributed by atoms with E-state index in [2.05, 4.69) is 0 Å². The van der Waals surface area contributed by atoms with Crippen molar-refractivity contribution in [3.8, 4) is 5.75 Å². The van der Waals surface area contributed by atoms with Gasteiger partial charge in [0.05, 0.1) is 11.4 Å². The SMILES string of the molecule is Nc1ccc(O)cc1N.[H-].[Na+]. The first-order valence-corrected chi connectivity index (χ1v) is 2.54. The van der Waals surface area contributed by atoms with E-state index in [-0.39, 0.29) is 36.7 Å². The summed E-state index contributed by atoms with van der Waals surface area (Å²) in [5, 5.41) is 8.80. The number of phenolic OH excluding ortho intramolecular Hbond substituents is 1. The van der Waals surface area contributed by atoms with Crippen molar-refractivity contribution >= 4 is 11.4 Å². The van der Waals surface area contributed by atoms with Crippen molar-refractivity contribution in [3.63, 3.8) is 0 Å². The standard InChI is InChI=1S/C6H8N2O.Na.H/c7-5-2-1-4(9)3-6(5)8;;/h1-3,9H,7-8H2;;/q;+1;-1. The molecule has 0 aliphatic rings. The van der Waals surface area contributed by atoms with Gasteiger partial charge in [-0.1, -0.05) is 0 Å².